The Morgan fingerprint density at radius 1 is 0.972 bits per heavy atom. The summed E-state index contributed by atoms with van der Waals surface area (Å²) in [5.74, 6) is 2.86. The number of thioether (sulfide) groups is 1. The molecule has 0 saturated carbocycles. The molecule has 3 aromatic carbocycles. The van der Waals surface area contributed by atoms with Gasteiger partial charge in [0.1, 0.15) is 6.61 Å². The van der Waals surface area contributed by atoms with E-state index in [0.717, 1.165) is 45.6 Å². The maximum atomic E-state index is 12.5. The molecule has 0 bridgehead atoms. The number of hydrogen-bond acceptors (Lipinski definition) is 6. The van der Waals surface area contributed by atoms with Crippen molar-refractivity contribution in [3.8, 4) is 17.2 Å². The SMILES string of the molecule is Cc1cccc(C)c1NC(=O)CCCSc1nnc(C2COc3ccccc3O2)n1-c1ccccc1. The topological polar surface area (TPSA) is 78.3 Å². The second-order valence-corrected chi connectivity index (χ2v) is 9.71. The zero-order valence-electron chi connectivity index (χ0n) is 20.3. The molecule has 0 fully saturated rings. The third-order valence-corrected chi connectivity index (χ3v) is 7.01. The molecular formula is C28H28N4O3S. The van der Waals surface area contributed by atoms with Gasteiger partial charge in [-0.3, -0.25) is 9.36 Å². The molecule has 1 amide bonds. The minimum Gasteiger partial charge on any atom is -0.485 e. The lowest BCUT2D eigenvalue weighted by Gasteiger charge is -2.26. The van der Waals surface area contributed by atoms with Crippen molar-refractivity contribution >= 4 is 23.4 Å². The molecule has 0 radical (unpaired) electrons. The smallest absolute Gasteiger partial charge is 0.224 e. The summed E-state index contributed by atoms with van der Waals surface area (Å²) >= 11 is 1.58. The number of aryl methyl sites for hydroxylation is 2. The monoisotopic (exact) mass is 500 g/mol. The summed E-state index contributed by atoms with van der Waals surface area (Å²) in [6.45, 7) is 4.36. The third kappa shape index (κ3) is 5.23. The number of carbonyl (C=O) groups excluding carboxylic acids is 1. The Labute approximate surface area is 214 Å². The number of para-hydroxylation sites is 4. The van der Waals surface area contributed by atoms with Crippen molar-refractivity contribution in [1.82, 2.24) is 14.8 Å². The molecule has 184 valence electrons. The lowest BCUT2D eigenvalue weighted by Crippen LogP contribution is -2.24. The van der Waals surface area contributed by atoms with Crippen LogP contribution in [0.4, 0.5) is 5.69 Å². The molecule has 1 aliphatic rings. The number of nitrogens with one attached hydrogen (secondary N) is 1. The standard InChI is InChI=1S/C28H28N4O3S/c1-19-10-8-11-20(2)26(19)29-25(33)16-9-17-36-28-31-30-27(32(28)21-12-4-3-5-13-21)24-18-34-22-14-6-7-15-23(22)35-24/h3-8,10-15,24H,9,16-18H2,1-2H3,(H,29,33). The van der Waals surface area contributed by atoms with Crippen LogP contribution in [-0.2, 0) is 4.79 Å². The minimum absolute atomic E-state index is 0.0182. The van der Waals surface area contributed by atoms with Crippen LogP contribution >= 0.6 is 11.8 Å². The van der Waals surface area contributed by atoms with Gasteiger partial charge in [-0.25, -0.2) is 0 Å². The molecule has 1 unspecified atom stereocenters. The summed E-state index contributed by atoms with van der Waals surface area (Å²) < 4.78 is 14.2. The first-order valence-electron chi connectivity index (χ1n) is 12.0. The molecular weight excluding hydrogens is 472 g/mol. The first-order chi connectivity index (χ1) is 17.6. The maximum Gasteiger partial charge on any atom is 0.224 e. The van der Waals surface area contributed by atoms with Crippen molar-refractivity contribution in [2.45, 2.75) is 37.9 Å². The van der Waals surface area contributed by atoms with Crippen LogP contribution in [0.1, 0.15) is 35.9 Å². The highest BCUT2D eigenvalue weighted by atomic mass is 32.2. The highest BCUT2D eigenvalue weighted by molar-refractivity contribution is 7.99. The lowest BCUT2D eigenvalue weighted by atomic mass is 10.1. The van der Waals surface area contributed by atoms with E-state index >= 15 is 0 Å². The largest absolute Gasteiger partial charge is 0.485 e. The van der Waals surface area contributed by atoms with E-state index in [4.69, 9.17) is 9.47 Å². The first-order valence-corrected chi connectivity index (χ1v) is 13.0. The number of anilines is 1. The summed E-state index contributed by atoms with van der Waals surface area (Å²) in [6.07, 6.45) is 0.767. The third-order valence-electron chi connectivity index (χ3n) is 5.99. The number of fused-ring (bicyclic) bond motifs is 1. The average molecular weight is 501 g/mol. The van der Waals surface area contributed by atoms with Crippen molar-refractivity contribution in [3.05, 3.63) is 89.7 Å². The Balaban J connectivity index is 1.27. The van der Waals surface area contributed by atoms with Crippen LogP contribution < -0.4 is 14.8 Å². The van der Waals surface area contributed by atoms with Crippen LogP contribution in [0.3, 0.4) is 0 Å². The van der Waals surface area contributed by atoms with Crippen molar-refractivity contribution in [3.63, 3.8) is 0 Å². The van der Waals surface area contributed by atoms with Gasteiger partial charge in [-0.1, -0.05) is 60.3 Å². The van der Waals surface area contributed by atoms with E-state index in [0.29, 0.717) is 24.6 Å². The van der Waals surface area contributed by atoms with Gasteiger partial charge in [0.15, 0.2) is 28.6 Å². The molecule has 1 atom stereocenters. The normalized spacial score (nSPS) is 14.4. The van der Waals surface area contributed by atoms with Crippen LogP contribution in [-0.4, -0.2) is 33.0 Å². The van der Waals surface area contributed by atoms with Crippen molar-refractivity contribution in [1.29, 1.82) is 0 Å². The molecule has 7 nitrogen and oxygen atoms in total. The predicted molar refractivity (Wildman–Crippen MR) is 141 cm³/mol. The quantitative estimate of drug-likeness (QED) is 0.239. The molecule has 1 N–H and O–H groups in total. The lowest BCUT2D eigenvalue weighted by molar-refractivity contribution is -0.116. The second kappa shape index (κ2) is 10.9. The number of ether oxygens (including phenoxy) is 2. The summed E-state index contributed by atoms with van der Waals surface area (Å²) in [4.78, 5) is 12.5. The van der Waals surface area contributed by atoms with E-state index in [1.807, 2.05) is 91.2 Å². The zero-order valence-corrected chi connectivity index (χ0v) is 21.1. The molecule has 0 saturated heterocycles. The fourth-order valence-corrected chi connectivity index (χ4v) is 5.06. The highest BCUT2D eigenvalue weighted by Crippen LogP contribution is 2.37. The fraction of sp³-hybridized carbons (Fsp3) is 0.250. The van der Waals surface area contributed by atoms with Gasteiger partial charge in [0.05, 0.1) is 0 Å². The van der Waals surface area contributed by atoms with Gasteiger partial charge < -0.3 is 14.8 Å². The number of amides is 1. The van der Waals surface area contributed by atoms with Crippen LogP contribution in [0.2, 0.25) is 0 Å². The van der Waals surface area contributed by atoms with Crippen LogP contribution in [0.5, 0.6) is 11.5 Å². The summed E-state index contributed by atoms with van der Waals surface area (Å²) in [5, 5.41) is 12.8. The van der Waals surface area contributed by atoms with E-state index in [1.54, 1.807) is 11.8 Å². The van der Waals surface area contributed by atoms with Crippen molar-refractivity contribution in [2.75, 3.05) is 17.7 Å². The van der Waals surface area contributed by atoms with Crippen molar-refractivity contribution in [2.24, 2.45) is 0 Å². The maximum absolute atomic E-state index is 12.5. The highest BCUT2D eigenvalue weighted by Gasteiger charge is 2.29. The number of aromatic nitrogens is 3. The van der Waals surface area contributed by atoms with E-state index in [-0.39, 0.29) is 12.0 Å². The van der Waals surface area contributed by atoms with E-state index in [1.165, 1.54) is 0 Å². The molecule has 2 heterocycles. The van der Waals surface area contributed by atoms with Gasteiger partial charge in [-0.15, -0.1) is 10.2 Å². The molecule has 36 heavy (non-hydrogen) atoms. The summed E-state index contributed by atoms with van der Waals surface area (Å²) in [5.41, 5.74) is 3.99. The van der Waals surface area contributed by atoms with Gasteiger partial charge >= 0.3 is 0 Å². The Morgan fingerprint density at radius 2 is 1.69 bits per heavy atom. The van der Waals surface area contributed by atoms with Crippen LogP contribution in [0.25, 0.3) is 5.69 Å². The molecule has 0 aliphatic carbocycles. The number of nitrogens with zero attached hydrogens (tertiary/aromatic N) is 3. The minimum atomic E-state index is -0.384. The molecule has 4 aromatic rings. The zero-order chi connectivity index (χ0) is 24.9. The van der Waals surface area contributed by atoms with Gasteiger partial charge in [-0.2, -0.15) is 0 Å². The van der Waals surface area contributed by atoms with Gasteiger partial charge in [0.25, 0.3) is 0 Å². The van der Waals surface area contributed by atoms with Crippen LogP contribution in [0, 0.1) is 13.8 Å². The molecule has 1 aromatic heterocycles. The molecule has 1 aliphatic heterocycles. The van der Waals surface area contributed by atoms with E-state index in [9.17, 15) is 4.79 Å². The Hall–Kier alpha value is -3.78. The average Bonchev–Trinajstić information content (AvgIpc) is 3.33. The molecule has 0 spiro atoms. The number of benzene rings is 3. The Morgan fingerprint density at radius 3 is 2.47 bits per heavy atom. The predicted octanol–water partition coefficient (Wildman–Crippen LogP) is 5.91. The number of hydrogen-bond donors (Lipinski definition) is 1. The fourth-order valence-electron chi connectivity index (χ4n) is 4.16. The van der Waals surface area contributed by atoms with E-state index < -0.39 is 0 Å². The van der Waals surface area contributed by atoms with Gasteiger partial charge in [-0.05, 0) is 55.7 Å². The number of carbonyl (C=O) groups is 1. The van der Waals surface area contributed by atoms with E-state index in [2.05, 4.69) is 15.5 Å². The summed E-state index contributed by atoms with van der Waals surface area (Å²) in [6, 6.07) is 23.6. The summed E-state index contributed by atoms with van der Waals surface area (Å²) in [7, 11) is 0. The van der Waals surface area contributed by atoms with Crippen molar-refractivity contribution < 1.29 is 14.3 Å². The molecule has 5 rings (SSSR count). The Bertz CT molecular complexity index is 1340. The second-order valence-electron chi connectivity index (χ2n) is 8.64. The first kappa shape index (κ1) is 23.9. The van der Waals surface area contributed by atoms with Crippen LogP contribution in [0.15, 0.2) is 78.0 Å². The van der Waals surface area contributed by atoms with Gasteiger partial charge in [0.2, 0.25) is 5.91 Å². The Kier molecular flexibility index (Phi) is 7.23. The number of rotatable bonds is 8. The van der Waals surface area contributed by atoms with Gasteiger partial charge in [0, 0.05) is 23.5 Å². The molecule has 8 heteroatoms.